The van der Waals surface area contributed by atoms with Gasteiger partial charge in [-0.3, -0.25) is 0 Å². The van der Waals surface area contributed by atoms with Crippen LogP contribution in [0.2, 0.25) is 5.02 Å². The van der Waals surface area contributed by atoms with Gasteiger partial charge in [0.25, 0.3) is 0 Å². The largest absolute Gasteiger partial charge is 0.495 e. The molecular formula is C21H22ClN3O3. The lowest BCUT2D eigenvalue weighted by molar-refractivity contribution is 0.0372. The monoisotopic (exact) mass is 399 g/mol. The maximum absolute atomic E-state index is 12.6. The van der Waals surface area contributed by atoms with Crippen molar-refractivity contribution in [3.05, 3.63) is 52.2 Å². The number of anilines is 2. The van der Waals surface area contributed by atoms with Crippen LogP contribution in [0.15, 0.2) is 30.3 Å². The molecule has 0 bridgehead atoms. The number of carbonyl (C=O) groups excluding carboxylic acids is 1. The average molecular weight is 400 g/mol. The summed E-state index contributed by atoms with van der Waals surface area (Å²) in [5.41, 5.74) is 4.27. The highest BCUT2D eigenvalue weighted by Crippen LogP contribution is 2.30. The second-order valence-corrected chi connectivity index (χ2v) is 7.18. The molecule has 0 aliphatic carbocycles. The van der Waals surface area contributed by atoms with E-state index in [0.717, 1.165) is 11.1 Å². The van der Waals surface area contributed by atoms with Gasteiger partial charge in [-0.2, -0.15) is 0 Å². The van der Waals surface area contributed by atoms with E-state index in [2.05, 4.69) is 15.3 Å². The summed E-state index contributed by atoms with van der Waals surface area (Å²) in [6, 6.07) is 9.08. The predicted octanol–water partition coefficient (Wildman–Crippen LogP) is 5.22. The van der Waals surface area contributed by atoms with Crippen molar-refractivity contribution in [3.8, 4) is 5.75 Å². The summed E-state index contributed by atoms with van der Waals surface area (Å²) >= 11 is 6.21. The molecule has 0 aliphatic rings. The third kappa shape index (κ3) is 4.17. The van der Waals surface area contributed by atoms with Crippen LogP contribution in [0, 0.1) is 13.8 Å². The molecule has 28 heavy (non-hydrogen) atoms. The SMILES string of the molecule is COc1ccc(Nc2nc3cc(C)c(C)cc3nc2C(=O)OC(C)C)cc1Cl. The van der Waals surface area contributed by atoms with Gasteiger partial charge in [0, 0.05) is 5.69 Å². The van der Waals surface area contributed by atoms with Crippen molar-refractivity contribution in [2.45, 2.75) is 33.8 Å². The molecule has 0 radical (unpaired) electrons. The lowest BCUT2D eigenvalue weighted by Gasteiger charge is -2.14. The van der Waals surface area contributed by atoms with Gasteiger partial charge >= 0.3 is 5.97 Å². The zero-order chi connectivity index (χ0) is 20.4. The molecule has 0 aliphatic heterocycles. The fourth-order valence-corrected chi connectivity index (χ4v) is 2.95. The van der Waals surface area contributed by atoms with Crippen LogP contribution in [0.3, 0.4) is 0 Å². The minimum Gasteiger partial charge on any atom is -0.495 e. The van der Waals surface area contributed by atoms with Crippen molar-refractivity contribution in [1.82, 2.24) is 9.97 Å². The van der Waals surface area contributed by atoms with Crippen molar-refractivity contribution in [3.63, 3.8) is 0 Å². The summed E-state index contributed by atoms with van der Waals surface area (Å²) in [6.45, 7) is 7.58. The summed E-state index contributed by atoms with van der Waals surface area (Å²) in [5, 5.41) is 3.57. The summed E-state index contributed by atoms with van der Waals surface area (Å²) in [7, 11) is 1.55. The van der Waals surface area contributed by atoms with Gasteiger partial charge in [0.2, 0.25) is 0 Å². The first-order valence-corrected chi connectivity index (χ1v) is 9.27. The zero-order valence-corrected chi connectivity index (χ0v) is 17.2. The number of fused-ring (bicyclic) bond motifs is 1. The van der Waals surface area contributed by atoms with Crippen molar-refractivity contribution < 1.29 is 14.3 Å². The van der Waals surface area contributed by atoms with Crippen molar-refractivity contribution in [2.24, 2.45) is 0 Å². The van der Waals surface area contributed by atoms with Gasteiger partial charge in [-0.25, -0.2) is 14.8 Å². The topological polar surface area (TPSA) is 73.3 Å². The number of aryl methyl sites for hydroxylation is 2. The van der Waals surface area contributed by atoms with E-state index in [-0.39, 0.29) is 11.8 Å². The van der Waals surface area contributed by atoms with Crippen LogP contribution < -0.4 is 10.1 Å². The first kappa shape index (κ1) is 19.9. The Morgan fingerprint density at radius 1 is 1.07 bits per heavy atom. The molecule has 0 amide bonds. The number of aromatic nitrogens is 2. The number of ether oxygens (including phenoxy) is 2. The highest BCUT2D eigenvalue weighted by atomic mass is 35.5. The first-order chi connectivity index (χ1) is 13.3. The number of esters is 1. The highest BCUT2D eigenvalue weighted by Gasteiger charge is 2.20. The molecule has 6 nitrogen and oxygen atoms in total. The van der Waals surface area contributed by atoms with E-state index < -0.39 is 5.97 Å². The Labute approximate surface area is 168 Å². The smallest absolute Gasteiger partial charge is 0.361 e. The fraction of sp³-hybridized carbons (Fsp3) is 0.286. The number of benzene rings is 2. The standard InChI is InChI=1S/C21H22ClN3O3/c1-11(2)28-21(26)19-20(23-14-6-7-18(27-5)15(22)10-14)25-17-9-13(4)12(3)8-16(17)24-19/h6-11H,1-5H3,(H,23,25). The summed E-state index contributed by atoms with van der Waals surface area (Å²) in [6.07, 6.45) is -0.270. The number of nitrogens with one attached hydrogen (secondary N) is 1. The Morgan fingerprint density at radius 3 is 2.29 bits per heavy atom. The zero-order valence-electron chi connectivity index (χ0n) is 16.5. The van der Waals surface area contributed by atoms with Crippen molar-refractivity contribution >= 4 is 40.1 Å². The van der Waals surface area contributed by atoms with Crippen LogP contribution >= 0.6 is 11.6 Å². The predicted molar refractivity (Wildman–Crippen MR) is 111 cm³/mol. The van der Waals surface area contributed by atoms with Gasteiger partial charge in [-0.05, 0) is 69.2 Å². The Balaban J connectivity index is 2.10. The molecule has 1 aromatic heterocycles. The number of halogens is 1. The number of nitrogens with zero attached hydrogens (tertiary/aromatic N) is 2. The van der Waals surface area contributed by atoms with E-state index in [4.69, 9.17) is 21.1 Å². The molecule has 0 fully saturated rings. The van der Waals surface area contributed by atoms with Gasteiger partial charge in [0.1, 0.15) is 5.75 Å². The Hall–Kier alpha value is -2.86. The number of carbonyl (C=O) groups is 1. The van der Waals surface area contributed by atoms with Gasteiger partial charge in [-0.1, -0.05) is 11.6 Å². The van der Waals surface area contributed by atoms with E-state index in [1.165, 1.54) is 0 Å². The van der Waals surface area contributed by atoms with Gasteiger partial charge in [-0.15, -0.1) is 0 Å². The molecule has 2 aromatic carbocycles. The molecule has 1 heterocycles. The van der Waals surface area contributed by atoms with E-state index in [1.54, 1.807) is 39.2 Å². The molecule has 7 heteroatoms. The molecule has 3 aromatic rings. The minimum absolute atomic E-state index is 0.122. The molecule has 146 valence electrons. The van der Waals surface area contributed by atoms with Gasteiger partial charge in [0.05, 0.1) is 29.3 Å². The Morgan fingerprint density at radius 2 is 1.71 bits per heavy atom. The third-order valence-corrected chi connectivity index (χ3v) is 4.53. The fourth-order valence-electron chi connectivity index (χ4n) is 2.69. The van der Waals surface area contributed by atoms with Crippen LogP contribution in [-0.4, -0.2) is 29.2 Å². The summed E-state index contributed by atoms with van der Waals surface area (Å²) < 4.78 is 10.5. The van der Waals surface area contributed by atoms with Crippen LogP contribution in [0.5, 0.6) is 5.75 Å². The third-order valence-electron chi connectivity index (χ3n) is 4.23. The molecule has 0 saturated carbocycles. The van der Waals surface area contributed by atoms with E-state index >= 15 is 0 Å². The van der Waals surface area contributed by atoms with Gasteiger partial charge < -0.3 is 14.8 Å². The number of hydrogen-bond donors (Lipinski definition) is 1. The average Bonchev–Trinajstić information content (AvgIpc) is 2.62. The summed E-state index contributed by atoms with van der Waals surface area (Å²) in [4.78, 5) is 21.8. The van der Waals surface area contributed by atoms with Crippen LogP contribution in [0.25, 0.3) is 11.0 Å². The van der Waals surface area contributed by atoms with Gasteiger partial charge in [0.15, 0.2) is 11.5 Å². The van der Waals surface area contributed by atoms with Crippen molar-refractivity contribution in [1.29, 1.82) is 0 Å². The van der Waals surface area contributed by atoms with E-state index in [0.29, 0.717) is 33.3 Å². The first-order valence-electron chi connectivity index (χ1n) is 8.89. The maximum Gasteiger partial charge on any atom is 0.361 e. The maximum atomic E-state index is 12.6. The minimum atomic E-state index is -0.537. The normalized spacial score (nSPS) is 11.0. The molecule has 0 unspecified atom stereocenters. The molecule has 1 N–H and O–H groups in total. The Kier molecular flexibility index (Phi) is 5.70. The van der Waals surface area contributed by atoms with E-state index in [1.807, 2.05) is 26.0 Å². The molecule has 0 atom stereocenters. The molecule has 3 rings (SSSR count). The lowest BCUT2D eigenvalue weighted by atomic mass is 10.1. The molecular weight excluding hydrogens is 378 g/mol. The molecule has 0 saturated heterocycles. The van der Waals surface area contributed by atoms with Crippen molar-refractivity contribution in [2.75, 3.05) is 12.4 Å². The van der Waals surface area contributed by atoms with Crippen LogP contribution in [-0.2, 0) is 4.74 Å². The second kappa shape index (κ2) is 8.02. The van der Waals surface area contributed by atoms with Crippen LogP contribution in [0.4, 0.5) is 11.5 Å². The Bertz CT molecular complexity index is 1050. The molecule has 0 spiro atoms. The number of hydrogen-bond acceptors (Lipinski definition) is 6. The summed E-state index contributed by atoms with van der Waals surface area (Å²) in [5.74, 6) is 0.328. The highest BCUT2D eigenvalue weighted by molar-refractivity contribution is 6.32. The van der Waals surface area contributed by atoms with E-state index in [9.17, 15) is 4.79 Å². The lowest BCUT2D eigenvalue weighted by Crippen LogP contribution is -2.16. The van der Waals surface area contributed by atoms with Crippen LogP contribution in [0.1, 0.15) is 35.5 Å². The second-order valence-electron chi connectivity index (χ2n) is 6.77. The quantitative estimate of drug-likeness (QED) is 0.593. The number of methoxy groups -OCH3 is 1. The number of rotatable bonds is 5.